The van der Waals surface area contributed by atoms with Crippen molar-refractivity contribution in [1.82, 2.24) is 4.98 Å². The molecule has 0 atom stereocenters. The first kappa shape index (κ1) is 14.7. The van der Waals surface area contributed by atoms with Crippen LogP contribution in [0, 0.1) is 11.3 Å². The van der Waals surface area contributed by atoms with Crippen LogP contribution in [0.4, 0.5) is 0 Å². The molecular formula is C19H14N2O2. The number of carbonyl (C=O) groups is 1. The van der Waals surface area contributed by atoms with Gasteiger partial charge in [0.05, 0.1) is 35.0 Å². The number of aromatic nitrogens is 1. The average molecular weight is 302 g/mol. The van der Waals surface area contributed by atoms with E-state index in [-0.39, 0.29) is 5.97 Å². The van der Waals surface area contributed by atoms with Gasteiger partial charge in [0.15, 0.2) is 0 Å². The maximum absolute atomic E-state index is 12.2. The largest absolute Gasteiger partial charge is 0.462 e. The van der Waals surface area contributed by atoms with E-state index >= 15 is 0 Å². The SMILES string of the molecule is CCOC(=O)c1cc(-c2ccc(C#N)cc2)nc2ccccc12. The average Bonchev–Trinajstić information content (AvgIpc) is 2.61. The molecule has 0 fully saturated rings. The number of para-hydroxylation sites is 1. The summed E-state index contributed by atoms with van der Waals surface area (Å²) in [5, 5.41) is 9.66. The van der Waals surface area contributed by atoms with E-state index in [2.05, 4.69) is 11.1 Å². The van der Waals surface area contributed by atoms with Crippen LogP contribution < -0.4 is 0 Å². The predicted octanol–water partition coefficient (Wildman–Crippen LogP) is 3.95. The van der Waals surface area contributed by atoms with E-state index in [1.54, 1.807) is 25.1 Å². The molecule has 3 rings (SSSR count). The molecule has 0 aliphatic heterocycles. The highest BCUT2D eigenvalue weighted by Gasteiger charge is 2.14. The molecule has 1 aromatic heterocycles. The Labute approximate surface area is 134 Å². The zero-order valence-corrected chi connectivity index (χ0v) is 12.6. The standard InChI is InChI=1S/C19H14N2O2/c1-2-23-19(22)16-11-18(14-9-7-13(12-20)8-10-14)21-17-6-4-3-5-15(16)17/h3-11H,2H2,1H3. The predicted molar refractivity (Wildman–Crippen MR) is 87.9 cm³/mol. The second-order valence-corrected chi connectivity index (χ2v) is 4.98. The normalized spacial score (nSPS) is 10.3. The van der Waals surface area contributed by atoms with Gasteiger partial charge < -0.3 is 4.74 Å². The van der Waals surface area contributed by atoms with E-state index in [0.29, 0.717) is 23.4 Å². The molecule has 0 aliphatic rings. The van der Waals surface area contributed by atoms with Gasteiger partial charge in [-0.15, -0.1) is 0 Å². The van der Waals surface area contributed by atoms with Gasteiger partial charge in [-0.2, -0.15) is 5.26 Å². The van der Waals surface area contributed by atoms with Crippen molar-refractivity contribution in [3.63, 3.8) is 0 Å². The summed E-state index contributed by atoms with van der Waals surface area (Å²) >= 11 is 0. The number of benzene rings is 2. The van der Waals surface area contributed by atoms with E-state index in [1.807, 2.05) is 36.4 Å². The number of esters is 1. The van der Waals surface area contributed by atoms with Gasteiger partial charge in [0, 0.05) is 10.9 Å². The van der Waals surface area contributed by atoms with Crippen LogP contribution >= 0.6 is 0 Å². The number of pyridine rings is 1. The van der Waals surface area contributed by atoms with Crippen molar-refractivity contribution < 1.29 is 9.53 Å². The van der Waals surface area contributed by atoms with Crippen LogP contribution in [0.25, 0.3) is 22.2 Å². The minimum Gasteiger partial charge on any atom is -0.462 e. The Bertz CT molecular complexity index is 909. The van der Waals surface area contributed by atoms with Crippen molar-refractivity contribution in [3.05, 3.63) is 65.7 Å². The van der Waals surface area contributed by atoms with Crippen LogP contribution in [-0.2, 0) is 4.74 Å². The number of hydrogen-bond acceptors (Lipinski definition) is 4. The Morgan fingerprint density at radius 1 is 1.17 bits per heavy atom. The molecule has 0 bridgehead atoms. The van der Waals surface area contributed by atoms with Crippen LogP contribution in [0.1, 0.15) is 22.8 Å². The zero-order chi connectivity index (χ0) is 16.2. The molecule has 3 aromatic rings. The molecule has 0 saturated heterocycles. The van der Waals surface area contributed by atoms with Gasteiger partial charge in [0.1, 0.15) is 0 Å². The summed E-state index contributed by atoms with van der Waals surface area (Å²) in [7, 11) is 0. The molecule has 0 N–H and O–H groups in total. The summed E-state index contributed by atoms with van der Waals surface area (Å²) in [4.78, 5) is 16.9. The second-order valence-electron chi connectivity index (χ2n) is 4.98. The summed E-state index contributed by atoms with van der Waals surface area (Å²) in [5.41, 5.74) is 3.34. The van der Waals surface area contributed by atoms with Gasteiger partial charge in [0.2, 0.25) is 0 Å². The fraction of sp³-hybridized carbons (Fsp3) is 0.105. The van der Waals surface area contributed by atoms with Gasteiger partial charge in [-0.05, 0) is 31.2 Å². The molecule has 0 saturated carbocycles. The van der Waals surface area contributed by atoms with Crippen molar-refractivity contribution in [2.45, 2.75) is 6.92 Å². The Kier molecular flexibility index (Phi) is 4.03. The Balaban J connectivity index is 2.17. The number of nitriles is 1. The van der Waals surface area contributed by atoms with E-state index in [0.717, 1.165) is 16.5 Å². The van der Waals surface area contributed by atoms with Crippen LogP contribution in [0.2, 0.25) is 0 Å². The molecule has 4 nitrogen and oxygen atoms in total. The molecule has 1 heterocycles. The lowest BCUT2D eigenvalue weighted by Gasteiger charge is -2.09. The van der Waals surface area contributed by atoms with Crippen LogP contribution in [0.15, 0.2) is 54.6 Å². The highest BCUT2D eigenvalue weighted by Crippen LogP contribution is 2.25. The van der Waals surface area contributed by atoms with Crippen LogP contribution in [-0.4, -0.2) is 17.6 Å². The second kappa shape index (κ2) is 6.29. The maximum atomic E-state index is 12.2. The maximum Gasteiger partial charge on any atom is 0.338 e. The van der Waals surface area contributed by atoms with E-state index < -0.39 is 0 Å². The molecule has 2 aromatic carbocycles. The number of nitrogens with zero attached hydrogens (tertiary/aromatic N) is 2. The fourth-order valence-electron chi connectivity index (χ4n) is 2.42. The first-order valence-corrected chi connectivity index (χ1v) is 7.30. The molecule has 23 heavy (non-hydrogen) atoms. The van der Waals surface area contributed by atoms with Gasteiger partial charge in [-0.25, -0.2) is 9.78 Å². The number of carbonyl (C=O) groups excluding carboxylic acids is 1. The van der Waals surface area contributed by atoms with Crippen molar-refractivity contribution in [1.29, 1.82) is 5.26 Å². The molecule has 4 heteroatoms. The summed E-state index contributed by atoms with van der Waals surface area (Å²) in [5.74, 6) is -0.360. The lowest BCUT2D eigenvalue weighted by atomic mass is 10.0. The van der Waals surface area contributed by atoms with E-state index in [4.69, 9.17) is 10.00 Å². The van der Waals surface area contributed by atoms with Crippen molar-refractivity contribution in [2.24, 2.45) is 0 Å². The molecule has 0 aliphatic carbocycles. The molecule has 0 amide bonds. The van der Waals surface area contributed by atoms with E-state index in [1.165, 1.54) is 0 Å². The molecule has 0 unspecified atom stereocenters. The van der Waals surface area contributed by atoms with Crippen LogP contribution in [0.5, 0.6) is 0 Å². The quantitative estimate of drug-likeness (QED) is 0.687. The third-order valence-corrected chi connectivity index (χ3v) is 3.52. The highest BCUT2D eigenvalue weighted by atomic mass is 16.5. The molecular weight excluding hydrogens is 288 g/mol. The summed E-state index contributed by atoms with van der Waals surface area (Å²) in [6, 6.07) is 18.4. The molecule has 0 radical (unpaired) electrons. The Morgan fingerprint density at radius 2 is 1.91 bits per heavy atom. The Morgan fingerprint density at radius 3 is 2.61 bits per heavy atom. The lowest BCUT2D eigenvalue weighted by molar-refractivity contribution is 0.0528. The van der Waals surface area contributed by atoms with E-state index in [9.17, 15) is 4.79 Å². The van der Waals surface area contributed by atoms with Gasteiger partial charge >= 0.3 is 5.97 Å². The summed E-state index contributed by atoms with van der Waals surface area (Å²) < 4.78 is 5.15. The number of ether oxygens (including phenoxy) is 1. The van der Waals surface area contributed by atoms with Crippen molar-refractivity contribution in [3.8, 4) is 17.3 Å². The van der Waals surface area contributed by atoms with Gasteiger partial charge in [-0.1, -0.05) is 30.3 Å². The summed E-state index contributed by atoms with van der Waals surface area (Å²) in [6.45, 7) is 2.10. The first-order chi connectivity index (χ1) is 11.2. The number of fused-ring (bicyclic) bond motifs is 1. The first-order valence-electron chi connectivity index (χ1n) is 7.30. The smallest absolute Gasteiger partial charge is 0.338 e. The topological polar surface area (TPSA) is 63.0 Å². The molecule has 0 spiro atoms. The third kappa shape index (κ3) is 2.90. The molecule has 112 valence electrons. The Hall–Kier alpha value is -3.19. The minimum absolute atomic E-state index is 0.321. The summed E-state index contributed by atoms with van der Waals surface area (Å²) in [6.07, 6.45) is 0. The van der Waals surface area contributed by atoms with Crippen molar-refractivity contribution >= 4 is 16.9 Å². The lowest BCUT2D eigenvalue weighted by Crippen LogP contribution is -2.06. The zero-order valence-electron chi connectivity index (χ0n) is 12.6. The highest BCUT2D eigenvalue weighted by molar-refractivity contribution is 6.04. The van der Waals surface area contributed by atoms with Crippen LogP contribution in [0.3, 0.4) is 0 Å². The van der Waals surface area contributed by atoms with Gasteiger partial charge in [0.25, 0.3) is 0 Å². The third-order valence-electron chi connectivity index (χ3n) is 3.52. The number of hydrogen-bond donors (Lipinski definition) is 0. The minimum atomic E-state index is -0.360. The monoisotopic (exact) mass is 302 g/mol. The number of rotatable bonds is 3. The van der Waals surface area contributed by atoms with Crippen molar-refractivity contribution in [2.75, 3.05) is 6.61 Å². The fourth-order valence-corrected chi connectivity index (χ4v) is 2.42. The van der Waals surface area contributed by atoms with Gasteiger partial charge in [-0.3, -0.25) is 0 Å².